The Bertz CT molecular complexity index is 505. The Kier molecular flexibility index (Phi) is 5.66. The Balaban J connectivity index is 1.67. The van der Waals surface area contributed by atoms with Crippen LogP contribution in [0.5, 0.6) is 0 Å². The molecule has 2 heterocycles. The number of rotatable bonds is 4. The molecule has 8 heteroatoms. The molecule has 0 aromatic carbocycles. The molecule has 2 rings (SSSR count). The Morgan fingerprint density at radius 1 is 1.48 bits per heavy atom. The quantitative estimate of drug-likeness (QED) is 0.658. The van der Waals surface area contributed by atoms with E-state index in [9.17, 15) is 14.7 Å². The maximum atomic E-state index is 11.7. The highest BCUT2D eigenvalue weighted by molar-refractivity contribution is 7.09. The third-order valence-electron chi connectivity index (χ3n) is 3.17. The molecule has 2 amide bonds. The number of aliphatic hydroxyl groups excluding tert-OH is 1. The number of aromatic nitrogens is 1. The topological polar surface area (TPSA) is 94.6 Å². The van der Waals surface area contributed by atoms with E-state index in [1.54, 1.807) is 0 Å². The summed E-state index contributed by atoms with van der Waals surface area (Å²) in [5.74, 6) is -0.579. The van der Waals surface area contributed by atoms with Crippen molar-refractivity contribution in [3.8, 4) is 0 Å². The summed E-state index contributed by atoms with van der Waals surface area (Å²) in [6.45, 7) is 3.33. The molecule has 1 fully saturated rings. The number of β-amino-alcohol motifs (C(OH)–C–C–N with tert-alkyl or cyclic N) is 1. The van der Waals surface area contributed by atoms with Crippen molar-refractivity contribution < 1.29 is 14.7 Å². The van der Waals surface area contributed by atoms with Crippen molar-refractivity contribution in [2.75, 3.05) is 19.6 Å². The molecule has 1 saturated heterocycles. The highest BCUT2D eigenvalue weighted by Crippen LogP contribution is 2.09. The van der Waals surface area contributed by atoms with Crippen molar-refractivity contribution in [2.45, 2.75) is 32.3 Å². The average Bonchev–Trinajstić information content (AvgIpc) is 2.82. The lowest BCUT2D eigenvalue weighted by molar-refractivity contribution is -0.129. The molecule has 0 spiro atoms. The maximum absolute atomic E-state index is 11.7. The smallest absolute Gasteiger partial charge is 0.252 e. The first kappa shape index (κ1) is 15.9. The number of hydrogen-bond acceptors (Lipinski definition) is 6. The van der Waals surface area contributed by atoms with E-state index >= 15 is 0 Å². The number of aryl methyl sites for hydroxylation is 1. The van der Waals surface area contributed by atoms with Gasteiger partial charge in [0.05, 0.1) is 19.1 Å². The fourth-order valence-corrected chi connectivity index (χ4v) is 2.99. The Morgan fingerprint density at radius 2 is 2.24 bits per heavy atom. The van der Waals surface area contributed by atoms with Gasteiger partial charge in [0.1, 0.15) is 5.01 Å². The van der Waals surface area contributed by atoms with E-state index in [1.807, 2.05) is 17.2 Å². The molecule has 7 nitrogen and oxygen atoms in total. The van der Waals surface area contributed by atoms with E-state index in [0.717, 1.165) is 30.1 Å². The molecule has 0 aliphatic carbocycles. The molecule has 1 aliphatic heterocycles. The minimum Gasteiger partial charge on any atom is -0.392 e. The van der Waals surface area contributed by atoms with Crippen LogP contribution in [0.15, 0.2) is 5.38 Å². The lowest BCUT2D eigenvalue weighted by Crippen LogP contribution is -2.49. The molecule has 1 aromatic heterocycles. The molecule has 1 aromatic rings. The van der Waals surface area contributed by atoms with E-state index < -0.39 is 0 Å². The zero-order chi connectivity index (χ0) is 15.2. The Hall–Kier alpha value is -1.51. The van der Waals surface area contributed by atoms with Gasteiger partial charge in [-0.05, 0) is 26.3 Å². The van der Waals surface area contributed by atoms with Gasteiger partial charge >= 0.3 is 0 Å². The minimum atomic E-state index is -0.366. The summed E-state index contributed by atoms with van der Waals surface area (Å²) in [4.78, 5) is 29.4. The van der Waals surface area contributed by atoms with Crippen LogP contribution >= 0.6 is 11.3 Å². The number of hydrazine groups is 1. The van der Waals surface area contributed by atoms with Crippen LogP contribution in [0.3, 0.4) is 0 Å². The molecule has 1 atom stereocenters. The number of nitrogens with one attached hydrogen (secondary N) is 2. The fourth-order valence-electron chi connectivity index (χ4n) is 2.22. The first-order chi connectivity index (χ1) is 10.0. The lowest BCUT2D eigenvalue weighted by atomic mass is 10.1. The summed E-state index contributed by atoms with van der Waals surface area (Å²) < 4.78 is 0. The van der Waals surface area contributed by atoms with E-state index in [1.165, 1.54) is 11.3 Å². The number of likely N-dealkylation sites (tertiary alicyclic amines) is 1. The van der Waals surface area contributed by atoms with Gasteiger partial charge < -0.3 is 5.11 Å². The standard InChI is InChI=1S/C13H20N4O3S/c1-9-8-21-13(14-9)5-11(19)15-16-12(20)7-17-4-2-3-10(18)6-17/h8,10,18H,2-7H2,1H3,(H,15,19)(H,16,20). The third kappa shape index (κ3) is 5.41. The molecule has 3 N–H and O–H groups in total. The number of aliphatic hydroxyl groups is 1. The first-order valence-corrected chi connectivity index (χ1v) is 7.80. The monoisotopic (exact) mass is 312 g/mol. The van der Waals surface area contributed by atoms with Crippen molar-refractivity contribution in [2.24, 2.45) is 0 Å². The van der Waals surface area contributed by atoms with Crippen molar-refractivity contribution in [1.82, 2.24) is 20.7 Å². The van der Waals surface area contributed by atoms with Gasteiger partial charge in [0.15, 0.2) is 0 Å². The van der Waals surface area contributed by atoms with E-state index in [2.05, 4.69) is 15.8 Å². The number of nitrogens with zero attached hydrogens (tertiary/aromatic N) is 2. The predicted molar refractivity (Wildman–Crippen MR) is 78.5 cm³/mol. The number of carbonyl (C=O) groups is 2. The average molecular weight is 312 g/mol. The van der Waals surface area contributed by atoms with Gasteiger partial charge in [-0.2, -0.15) is 0 Å². The SMILES string of the molecule is Cc1csc(CC(=O)NNC(=O)CN2CCCC(O)C2)n1. The molecular weight excluding hydrogens is 292 g/mol. The number of thiazole rings is 1. The van der Waals surface area contributed by atoms with Crippen LogP contribution in [0.25, 0.3) is 0 Å². The maximum Gasteiger partial charge on any atom is 0.252 e. The van der Waals surface area contributed by atoms with Crippen LogP contribution in [-0.2, 0) is 16.0 Å². The second kappa shape index (κ2) is 7.48. The summed E-state index contributed by atoms with van der Waals surface area (Å²) in [5, 5.41) is 12.1. The van der Waals surface area contributed by atoms with Crippen molar-refractivity contribution in [3.05, 3.63) is 16.1 Å². The van der Waals surface area contributed by atoms with Gasteiger partial charge in [0.25, 0.3) is 5.91 Å². The van der Waals surface area contributed by atoms with E-state index in [-0.39, 0.29) is 30.9 Å². The zero-order valence-corrected chi connectivity index (χ0v) is 12.8. The lowest BCUT2D eigenvalue weighted by Gasteiger charge is -2.29. The zero-order valence-electron chi connectivity index (χ0n) is 12.0. The second-order valence-corrected chi connectivity index (χ2v) is 6.13. The number of carbonyl (C=O) groups excluding carboxylic acids is 2. The molecule has 21 heavy (non-hydrogen) atoms. The Morgan fingerprint density at radius 3 is 2.90 bits per heavy atom. The molecule has 0 bridgehead atoms. The van der Waals surface area contributed by atoms with Gasteiger partial charge in [0, 0.05) is 17.6 Å². The minimum absolute atomic E-state index is 0.154. The van der Waals surface area contributed by atoms with Gasteiger partial charge in [-0.1, -0.05) is 0 Å². The van der Waals surface area contributed by atoms with E-state index in [0.29, 0.717) is 6.54 Å². The van der Waals surface area contributed by atoms with Gasteiger partial charge in [-0.3, -0.25) is 25.3 Å². The summed E-state index contributed by atoms with van der Waals surface area (Å²) in [6.07, 6.45) is 1.45. The molecule has 116 valence electrons. The molecule has 1 aliphatic rings. The molecular formula is C13H20N4O3S. The van der Waals surface area contributed by atoms with Crippen LogP contribution in [-0.4, -0.2) is 52.5 Å². The van der Waals surface area contributed by atoms with Crippen molar-refractivity contribution in [3.63, 3.8) is 0 Å². The van der Waals surface area contributed by atoms with Crippen LogP contribution in [0.4, 0.5) is 0 Å². The molecule has 0 radical (unpaired) electrons. The third-order valence-corrected chi connectivity index (χ3v) is 4.13. The van der Waals surface area contributed by atoms with Crippen molar-refractivity contribution >= 4 is 23.2 Å². The van der Waals surface area contributed by atoms with Crippen molar-refractivity contribution in [1.29, 1.82) is 0 Å². The summed E-state index contributed by atoms with van der Waals surface area (Å²) in [6, 6.07) is 0. The summed E-state index contributed by atoms with van der Waals surface area (Å²) in [5.41, 5.74) is 5.65. The molecule has 0 saturated carbocycles. The predicted octanol–water partition coefficient (Wildman–Crippen LogP) is -0.402. The largest absolute Gasteiger partial charge is 0.392 e. The van der Waals surface area contributed by atoms with Gasteiger partial charge in [-0.25, -0.2) is 4.98 Å². The molecule has 1 unspecified atom stereocenters. The summed E-state index contributed by atoms with van der Waals surface area (Å²) in [7, 11) is 0. The van der Waals surface area contributed by atoms with Crippen LogP contribution < -0.4 is 10.9 Å². The van der Waals surface area contributed by atoms with E-state index in [4.69, 9.17) is 0 Å². The number of amides is 2. The number of piperidine rings is 1. The van der Waals surface area contributed by atoms with Gasteiger partial charge in [-0.15, -0.1) is 11.3 Å². The van der Waals surface area contributed by atoms with Crippen LogP contribution in [0.2, 0.25) is 0 Å². The Labute approximate surface area is 127 Å². The summed E-state index contributed by atoms with van der Waals surface area (Å²) >= 11 is 1.42. The normalized spacial score (nSPS) is 19.2. The highest BCUT2D eigenvalue weighted by Gasteiger charge is 2.19. The first-order valence-electron chi connectivity index (χ1n) is 6.92. The van der Waals surface area contributed by atoms with Crippen LogP contribution in [0, 0.1) is 6.92 Å². The van der Waals surface area contributed by atoms with Gasteiger partial charge in [0.2, 0.25) is 5.91 Å². The second-order valence-electron chi connectivity index (χ2n) is 5.19. The van der Waals surface area contributed by atoms with Crippen LogP contribution in [0.1, 0.15) is 23.5 Å². The fraction of sp³-hybridized carbons (Fsp3) is 0.615. The number of hydrogen-bond donors (Lipinski definition) is 3. The highest BCUT2D eigenvalue weighted by atomic mass is 32.1.